The Hall–Kier alpha value is -1.59. The minimum Gasteiger partial charge on any atom is -0.462 e. The first-order valence-electron chi connectivity index (χ1n) is 23.6. The third-order valence-corrected chi connectivity index (χ3v) is 10.6. The maximum absolute atomic E-state index is 12.7. The van der Waals surface area contributed by atoms with E-state index in [-0.39, 0.29) is 31.1 Å². The van der Waals surface area contributed by atoms with Gasteiger partial charge in [-0.2, -0.15) is 0 Å². The Morgan fingerprint density at radius 1 is 0.315 bits per heavy atom. The van der Waals surface area contributed by atoms with Gasteiger partial charge in [0.05, 0.1) is 0 Å². The molecule has 0 amide bonds. The lowest BCUT2D eigenvalue weighted by atomic mass is 10.0. The van der Waals surface area contributed by atoms with E-state index in [0.717, 1.165) is 75.5 Å². The third kappa shape index (κ3) is 41.6. The fourth-order valence-electron chi connectivity index (χ4n) is 7.06. The predicted octanol–water partition coefficient (Wildman–Crippen LogP) is 14.8. The van der Waals surface area contributed by atoms with Crippen LogP contribution in [0.3, 0.4) is 0 Å². The van der Waals surface area contributed by atoms with Crippen LogP contribution in [-0.4, -0.2) is 37.2 Å². The van der Waals surface area contributed by atoms with E-state index in [1.54, 1.807) is 0 Å². The topological polar surface area (TPSA) is 78.9 Å². The number of rotatable bonds is 41. The maximum Gasteiger partial charge on any atom is 0.306 e. The molecule has 0 heterocycles. The van der Waals surface area contributed by atoms with Crippen molar-refractivity contribution in [3.8, 4) is 0 Å². The van der Waals surface area contributed by atoms with Crippen LogP contribution in [0.1, 0.15) is 253 Å². The van der Waals surface area contributed by atoms with Gasteiger partial charge in [-0.25, -0.2) is 0 Å². The van der Waals surface area contributed by atoms with Crippen molar-refractivity contribution in [2.24, 2.45) is 17.8 Å². The molecule has 0 aromatic rings. The van der Waals surface area contributed by atoms with Gasteiger partial charge in [0.1, 0.15) is 13.2 Å². The first-order chi connectivity index (χ1) is 26.1. The van der Waals surface area contributed by atoms with Crippen LogP contribution in [0, 0.1) is 17.8 Å². The summed E-state index contributed by atoms with van der Waals surface area (Å²) >= 11 is 0. The van der Waals surface area contributed by atoms with Crippen LogP contribution in [-0.2, 0) is 28.6 Å². The van der Waals surface area contributed by atoms with Crippen LogP contribution in [0.5, 0.6) is 0 Å². The van der Waals surface area contributed by atoms with Crippen molar-refractivity contribution >= 4 is 17.9 Å². The predicted molar refractivity (Wildman–Crippen MR) is 229 cm³/mol. The molecule has 0 aliphatic rings. The second-order valence-corrected chi connectivity index (χ2v) is 17.8. The van der Waals surface area contributed by atoms with E-state index in [1.165, 1.54) is 135 Å². The highest BCUT2D eigenvalue weighted by Crippen LogP contribution is 2.17. The van der Waals surface area contributed by atoms with Crippen molar-refractivity contribution in [3.63, 3.8) is 0 Å². The molecule has 0 aromatic carbocycles. The van der Waals surface area contributed by atoms with E-state index >= 15 is 0 Å². The molecule has 1 atom stereocenters. The maximum atomic E-state index is 12.7. The normalized spacial score (nSPS) is 12.2. The van der Waals surface area contributed by atoms with Crippen LogP contribution in [0.25, 0.3) is 0 Å². The standard InChI is InChI=1S/C48H92O6/c1-42(2)34-28-22-16-12-9-7-8-10-14-18-25-31-37-46(49)52-40-45(41-53-47(50)38-32-26-21-20-24-30-36-44(5)6)54-48(51)39-33-27-19-15-11-13-17-23-29-35-43(3)4/h42-45H,7-41H2,1-6H3/t45-/m0/s1. The van der Waals surface area contributed by atoms with Crippen molar-refractivity contribution in [2.45, 2.75) is 260 Å². The summed E-state index contributed by atoms with van der Waals surface area (Å²) in [7, 11) is 0. The highest BCUT2D eigenvalue weighted by atomic mass is 16.6. The Kier molecular flexibility index (Phi) is 38.5. The van der Waals surface area contributed by atoms with E-state index in [4.69, 9.17) is 14.2 Å². The van der Waals surface area contributed by atoms with Gasteiger partial charge in [-0.3, -0.25) is 14.4 Å². The fraction of sp³-hybridized carbons (Fsp3) is 0.938. The summed E-state index contributed by atoms with van der Waals surface area (Å²) in [6, 6.07) is 0. The van der Waals surface area contributed by atoms with Crippen LogP contribution < -0.4 is 0 Å². The van der Waals surface area contributed by atoms with Crippen molar-refractivity contribution in [1.29, 1.82) is 0 Å². The molecule has 0 fully saturated rings. The zero-order valence-electron chi connectivity index (χ0n) is 37.0. The van der Waals surface area contributed by atoms with Crippen LogP contribution in [0.4, 0.5) is 0 Å². The molecular formula is C48H92O6. The summed E-state index contributed by atoms with van der Waals surface area (Å²) in [4.78, 5) is 37.7. The average molecular weight is 765 g/mol. The zero-order chi connectivity index (χ0) is 39.9. The Bertz CT molecular complexity index is 837. The lowest BCUT2D eigenvalue weighted by molar-refractivity contribution is -0.167. The van der Waals surface area contributed by atoms with E-state index in [9.17, 15) is 14.4 Å². The molecule has 0 aliphatic carbocycles. The summed E-state index contributed by atoms with van der Waals surface area (Å²) in [5.74, 6) is 1.54. The molecule has 0 saturated carbocycles. The first kappa shape index (κ1) is 52.4. The SMILES string of the molecule is CC(C)CCCCCCCCCCCCCCC(=O)OC[C@@H](COC(=O)CCCCCCCCC(C)C)OC(=O)CCCCCCCCCCCC(C)C. The zero-order valence-corrected chi connectivity index (χ0v) is 37.0. The lowest BCUT2D eigenvalue weighted by Crippen LogP contribution is -2.30. The van der Waals surface area contributed by atoms with Gasteiger partial charge in [-0.05, 0) is 37.0 Å². The van der Waals surface area contributed by atoms with Crippen molar-refractivity contribution < 1.29 is 28.6 Å². The molecule has 6 heteroatoms. The summed E-state index contributed by atoms with van der Waals surface area (Å²) in [6.45, 7) is 13.6. The third-order valence-electron chi connectivity index (χ3n) is 10.6. The molecule has 0 rings (SSSR count). The minimum absolute atomic E-state index is 0.0663. The van der Waals surface area contributed by atoms with E-state index in [2.05, 4.69) is 41.5 Å². The Balaban J connectivity index is 4.30. The number of carbonyl (C=O) groups is 3. The lowest BCUT2D eigenvalue weighted by Gasteiger charge is -2.18. The van der Waals surface area contributed by atoms with Crippen molar-refractivity contribution in [2.75, 3.05) is 13.2 Å². The molecule has 0 aliphatic heterocycles. The van der Waals surface area contributed by atoms with Crippen LogP contribution in [0.2, 0.25) is 0 Å². The smallest absolute Gasteiger partial charge is 0.306 e. The highest BCUT2D eigenvalue weighted by Gasteiger charge is 2.19. The van der Waals surface area contributed by atoms with Gasteiger partial charge < -0.3 is 14.2 Å². The molecule has 0 radical (unpaired) electrons. The molecule has 54 heavy (non-hydrogen) atoms. The number of carbonyl (C=O) groups excluding carboxylic acids is 3. The van der Waals surface area contributed by atoms with Gasteiger partial charge in [0.15, 0.2) is 6.10 Å². The monoisotopic (exact) mass is 765 g/mol. The molecule has 6 nitrogen and oxygen atoms in total. The molecular weight excluding hydrogens is 673 g/mol. The Labute approximate surface area is 336 Å². The van der Waals surface area contributed by atoms with Gasteiger partial charge in [-0.1, -0.05) is 215 Å². The Morgan fingerprint density at radius 3 is 0.796 bits per heavy atom. The number of unbranched alkanes of at least 4 members (excludes halogenated alkanes) is 24. The summed E-state index contributed by atoms with van der Waals surface area (Å²) in [5.41, 5.74) is 0. The number of esters is 3. The van der Waals surface area contributed by atoms with Gasteiger partial charge in [-0.15, -0.1) is 0 Å². The van der Waals surface area contributed by atoms with Gasteiger partial charge >= 0.3 is 17.9 Å². The molecule has 0 aromatic heterocycles. The quantitative estimate of drug-likeness (QED) is 0.0350. The van der Waals surface area contributed by atoms with Gasteiger partial charge in [0, 0.05) is 19.3 Å². The van der Waals surface area contributed by atoms with E-state index < -0.39 is 6.10 Å². The summed E-state index contributed by atoms with van der Waals surface area (Å²) < 4.78 is 16.7. The average Bonchev–Trinajstić information content (AvgIpc) is 3.12. The van der Waals surface area contributed by atoms with Gasteiger partial charge in [0.25, 0.3) is 0 Å². The number of hydrogen-bond donors (Lipinski definition) is 0. The van der Waals surface area contributed by atoms with E-state index in [1.807, 2.05) is 0 Å². The summed E-state index contributed by atoms with van der Waals surface area (Å²) in [6.07, 6.45) is 36.8. The second-order valence-electron chi connectivity index (χ2n) is 17.8. The molecule has 0 spiro atoms. The number of ether oxygens (including phenoxy) is 3. The van der Waals surface area contributed by atoms with Crippen LogP contribution >= 0.6 is 0 Å². The minimum atomic E-state index is -0.762. The molecule has 0 saturated heterocycles. The molecule has 0 unspecified atom stereocenters. The van der Waals surface area contributed by atoms with Crippen molar-refractivity contribution in [3.05, 3.63) is 0 Å². The highest BCUT2D eigenvalue weighted by molar-refractivity contribution is 5.71. The molecule has 320 valence electrons. The Morgan fingerprint density at radius 2 is 0.537 bits per heavy atom. The van der Waals surface area contributed by atoms with Gasteiger partial charge in [0.2, 0.25) is 0 Å². The second kappa shape index (κ2) is 39.6. The number of hydrogen-bond acceptors (Lipinski definition) is 6. The van der Waals surface area contributed by atoms with E-state index in [0.29, 0.717) is 19.3 Å². The largest absolute Gasteiger partial charge is 0.462 e. The van der Waals surface area contributed by atoms with Crippen molar-refractivity contribution in [1.82, 2.24) is 0 Å². The molecule has 0 bridgehead atoms. The fourth-order valence-corrected chi connectivity index (χ4v) is 7.06. The van der Waals surface area contributed by atoms with Crippen LogP contribution in [0.15, 0.2) is 0 Å². The first-order valence-corrected chi connectivity index (χ1v) is 23.6. The summed E-state index contributed by atoms with van der Waals surface area (Å²) in [5, 5.41) is 0. The molecule has 0 N–H and O–H groups in total.